The van der Waals surface area contributed by atoms with Crippen molar-refractivity contribution in [1.29, 1.82) is 0 Å². The molecule has 2 aliphatic heterocycles. The molecule has 0 amide bonds. The zero-order valence-corrected chi connectivity index (χ0v) is 16.4. The van der Waals surface area contributed by atoms with Crippen LogP contribution in [0.1, 0.15) is 38.2 Å². The van der Waals surface area contributed by atoms with Gasteiger partial charge in [0, 0.05) is 38.8 Å². The fraction of sp³-hybridized carbons (Fsp3) is 0.650. The van der Waals surface area contributed by atoms with Crippen LogP contribution in [0.3, 0.4) is 0 Å². The van der Waals surface area contributed by atoms with E-state index in [2.05, 4.69) is 34.2 Å². The van der Waals surface area contributed by atoms with E-state index in [-0.39, 0.29) is 0 Å². The van der Waals surface area contributed by atoms with Crippen molar-refractivity contribution >= 4 is 17.3 Å². The van der Waals surface area contributed by atoms with E-state index < -0.39 is 0 Å². The van der Waals surface area contributed by atoms with E-state index in [1.807, 2.05) is 6.07 Å². The molecule has 1 aromatic rings. The summed E-state index contributed by atoms with van der Waals surface area (Å²) in [6.07, 6.45) is 5.27. The largest absolute Gasteiger partial charge is 0.454 e. The molecule has 4 rings (SSSR count). The van der Waals surface area contributed by atoms with Crippen molar-refractivity contribution in [2.75, 3.05) is 33.0 Å². The second-order valence-corrected chi connectivity index (χ2v) is 8.16. The number of nitrogens with zero attached hydrogens (tertiary/aromatic N) is 2. The number of hydrogen-bond donors (Lipinski definition) is 1. The zero-order chi connectivity index (χ0) is 17.9. The molecule has 26 heavy (non-hydrogen) atoms. The molecule has 1 aromatic carbocycles. The molecular weight excluding hydrogens is 346 g/mol. The molecule has 1 saturated carbocycles. The third kappa shape index (κ3) is 4.07. The molecule has 2 heterocycles. The van der Waals surface area contributed by atoms with Gasteiger partial charge in [-0.2, -0.15) is 0 Å². The first-order valence-corrected chi connectivity index (χ1v) is 10.3. The first-order chi connectivity index (χ1) is 12.7. The summed E-state index contributed by atoms with van der Waals surface area (Å²) in [5.74, 6) is 2.45. The number of fused-ring (bicyclic) bond motifs is 1. The van der Waals surface area contributed by atoms with Crippen molar-refractivity contribution in [2.45, 2.75) is 45.2 Å². The molecule has 0 aromatic heterocycles. The van der Waals surface area contributed by atoms with Crippen LogP contribution in [0.15, 0.2) is 18.2 Å². The van der Waals surface area contributed by atoms with Gasteiger partial charge in [-0.25, -0.2) is 0 Å². The Morgan fingerprint density at radius 2 is 1.88 bits per heavy atom. The monoisotopic (exact) mass is 375 g/mol. The molecule has 1 aliphatic carbocycles. The third-order valence-electron chi connectivity index (χ3n) is 5.92. The van der Waals surface area contributed by atoms with Gasteiger partial charge in [0.05, 0.1) is 0 Å². The molecule has 0 bridgehead atoms. The van der Waals surface area contributed by atoms with E-state index in [1.165, 1.54) is 31.2 Å². The van der Waals surface area contributed by atoms with E-state index in [9.17, 15) is 0 Å². The van der Waals surface area contributed by atoms with E-state index in [0.29, 0.717) is 12.8 Å². The Hall–Kier alpha value is -1.53. The van der Waals surface area contributed by atoms with Gasteiger partial charge in [0.2, 0.25) is 6.79 Å². The van der Waals surface area contributed by atoms with Gasteiger partial charge < -0.3 is 19.7 Å². The van der Waals surface area contributed by atoms with E-state index in [0.717, 1.165) is 55.3 Å². The van der Waals surface area contributed by atoms with Crippen LogP contribution < -0.4 is 14.8 Å². The van der Waals surface area contributed by atoms with Gasteiger partial charge in [-0.15, -0.1) is 0 Å². The van der Waals surface area contributed by atoms with Crippen LogP contribution in [0, 0.1) is 5.92 Å². The maximum atomic E-state index is 5.70. The van der Waals surface area contributed by atoms with Gasteiger partial charge >= 0.3 is 0 Å². The van der Waals surface area contributed by atoms with Crippen molar-refractivity contribution < 1.29 is 9.47 Å². The SMILES string of the molecule is C[C@@H]1CCCC[C@@H]1NC(=S)N1CCN(Cc2ccc3c(c2)OCO3)CC1. The molecule has 2 atom stereocenters. The van der Waals surface area contributed by atoms with Crippen LogP contribution in [0.2, 0.25) is 0 Å². The van der Waals surface area contributed by atoms with Gasteiger partial charge in [0.15, 0.2) is 16.6 Å². The number of piperazine rings is 1. The quantitative estimate of drug-likeness (QED) is 0.819. The van der Waals surface area contributed by atoms with Crippen LogP contribution in [-0.4, -0.2) is 53.9 Å². The summed E-state index contributed by atoms with van der Waals surface area (Å²) in [6, 6.07) is 6.81. The first kappa shape index (κ1) is 17.9. The Balaban J connectivity index is 1.25. The molecule has 1 N–H and O–H groups in total. The summed E-state index contributed by atoms with van der Waals surface area (Å²) in [6.45, 7) is 7.70. The Kier molecular flexibility index (Phi) is 5.50. The normalized spacial score (nSPS) is 26.0. The maximum Gasteiger partial charge on any atom is 0.231 e. The highest BCUT2D eigenvalue weighted by atomic mass is 32.1. The van der Waals surface area contributed by atoms with Crippen molar-refractivity contribution in [3.8, 4) is 11.5 Å². The van der Waals surface area contributed by atoms with Gasteiger partial charge in [-0.3, -0.25) is 4.90 Å². The number of thiocarbonyl (C=S) groups is 1. The third-order valence-corrected chi connectivity index (χ3v) is 6.30. The molecule has 142 valence electrons. The van der Waals surface area contributed by atoms with Crippen molar-refractivity contribution in [1.82, 2.24) is 15.1 Å². The predicted molar refractivity (Wildman–Crippen MR) is 107 cm³/mol. The molecular formula is C20H29N3O2S. The highest BCUT2D eigenvalue weighted by Gasteiger charge is 2.25. The van der Waals surface area contributed by atoms with Gasteiger partial charge in [-0.05, 0) is 48.7 Å². The minimum absolute atomic E-state index is 0.335. The lowest BCUT2D eigenvalue weighted by Gasteiger charge is -2.39. The lowest BCUT2D eigenvalue weighted by atomic mass is 9.86. The summed E-state index contributed by atoms with van der Waals surface area (Å²) in [7, 11) is 0. The molecule has 5 nitrogen and oxygen atoms in total. The molecule has 6 heteroatoms. The fourth-order valence-corrected chi connectivity index (χ4v) is 4.52. The van der Waals surface area contributed by atoms with E-state index >= 15 is 0 Å². The predicted octanol–water partition coefficient (Wildman–Crippen LogP) is 2.99. The average molecular weight is 376 g/mol. The molecule has 3 aliphatic rings. The van der Waals surface area contributed by atoms with Crippen LogP contribution in [0.5, 0.6) is 11.5 Å². The lowest BCUT2D eigenvalue weighted by molar-refractivity contribution is 0.170. The molecule has 0 unspecified atom stereocenters. The van der Waals surface area contributed by atoms with Gasteiger partial charge in [0.1, 0.15) is 0 Å². The maximum absolute atomic E-state index is 5.70. The molecule has 2 fully saturated rings. The summed E-state index contributed by atoms with van der Waals surface area (Å²) >= 11 is 5.70. The lowest BCUT2D eigenvalue weighted by Crippen LogP contribution is -2.54. The minimum atomic E-state index is 0.335. The van der Waals surface area contributed by atoms with Crippen molar-refractivity contribution in [2.24, 2.45) is 5.92 Å². The Bertz CT molecular complexity index is 646. The Morgan fingerprint density at radius 1 is 1.12 bits per heavy atom. The second kappa shape index (κ2) is 8.01. The number of nitrogens with one attached hydrogen (secondary N) is 1. The second-order valence-electron chi connectivity index (χ2n) is 7.77. The van der Waals surface area contributed by atoms with Gasteiger partial charge in [-0.1, -0.05) is 25.8 Å². The average Bonchev–Trinajstić information content (AvgIpc) is 3.12. The number of rotatable bonds is 3. The summed E-state index contributed by atoms with van der Waals surface area (Å²) in [5.41, 5.74) is 1.28. The standard InChI is InChI=1S/C20H29N3O2S/c1-15-4-2-3-5-17(15)21-20(26)23-10-8-22(9-11-23)13-16-6-7-18-19(12-16)25-14-24-18/h6-7,12,15,17H,2-5,8-11,13-14H2,1H3,(H,21,26)/t15-,17+/m1/s1. The smallest absolute Gasteiger partial charge is 0.231 e. The van der Waals surface area contributed by atoms with Crippen LogP contribution in [0.25, 0.3) is 0 Å². The first-order valence-electron chi connectivity index (χ1n) is 9.85. The van der Waals surface area contributed by atoms with Crippen molar-refractivity contribution in [3.05, 3.63) is 23.8 Å². The Morgan fingerprint density at radius 3 is 2.69 bits per heavy atom. The highest BCUT2D eigenvalue weighted by Crippen LogP contribution is 2.32. The minimum Gasteiger partial charge on any atom is -0.454 e. The Labute approximate surface area is 161 Å². The number of benzene rings is 1. The topological polar surface area (TPSA) is 37.0 Å². The van der Waals surface area contributed by atoms with Crippen LogP contribution >= 0.6 is 12.2 Å². The summed E-state index contributed by atoms with van der Waals surface area (Å²) < 4.78 is 10.9. The van der Waals surface area contributed by atoms with Gasteiger partial charge in [0.25, 0.3) is 0 Å². The number of ether oxygens (including phenoxy) is 2. The van der Waals surface area contributed by atoms with Crippen LogP contribution in [0.4, 0.5) is 0 Å². The van der Waals surface area contributed by atoms with E-state index in [1.54, 1.807) is 0 Å². The number of hydrogen-bond acceptors (Lipinski definition) is 4. The molecule has 0 spiro atoms. The summed E-state index contributed by atoms with van der Waals surface area (Å²) in [4.78, 5) is 4.83. The molecule has 1 saturated heterocycles. The zero-order valence-electron chi connectivity index (χ0n) is 15.6. The molecule has 0 radical (unpaired) electrons. The summed E-state index contributed by atoms with van der Waals surface area (Å²) in [5, 5.41) is 4.59. The fourth-order valence-electron chi connectivity index (χ4n) is 4.19. The van der Waals surface area contributed by atoms with Crippen molar-refractivity contribution in [3.63, 3.8) is 0 Å². The van der Waals surface area contributed by atoms with E-state index in [4.69, 9.17) is 21.7 Å². The van der Waals surface area contributed by atoms with Crippen LogP contribution in [-0.2, 0) is 6.54 Å². The highest BCUT2D eigenvalue weighted by molar-refractivity contribution is 7.80.